The summed E-state index contributed by atoms with van der Waals surface area (Å²) in [7, 11) is 0. The molecule has 0 saturated carbocycles. The molecule has 6 nitrogen and oxygen atoms in total. The Balaban J connectivity index is 2.89. The zero-order chi connectivity index (χ0) is 13.3. The molecule has 0 amide bonds. The molecule has 17 heavy (non-hydrogen) atoms. The second-order valence-electron chi connectivity index (χ2n) is 4.93. The minimum absolute atomic E-state index is 0.131. The van der Waals surface area contributed by atoms with Crippen LogP contribution in [0.4, 0.5) is 0 Å². The summed E-state index contributed by atoms with van der Waals surface area (Å²) in [5.41, 5.74) is 0. The molecule has 0 aromatic rings. The van der Waals surface area contributed by atoms with E-state index in [0.717, 1.165) is 0 Å². The maximum Gasteiger partial charge on any atom is 0.335 e. The van der Waals surface area contributed by atoms with Crippen LogP contribution in [0.5, 0.6) is 0 Å². The van der Waals surface area contributed by atoms with E-state index in [4.69, 9.17) is 9.84 Å². The Morgan fingerprint density at radius 2 is 1.59 bits per heavy atom. The van der Waals surface area contributed by atoms with E-state index in [9.17, 15) is 20.1 Å². The fraction of sp³-hybridized carbons (Fsp3) is 0.909. The number of aliphatic hydroxyl groups excluding tert-OH is 3. The molecule has 1 saturated heterocycles. The normalized spacial score (nSPS) is 40.3. The van der Waals surface area contributed by atoms with Gasteiger partial charge in [0.1, 0.15) is 18.3 Å². The van der Waals surface area contributed by atoms with Crippen LogP contribution in [0.2, 0.25) is 0 Å². The first-order valence-corrected chi connectivity index (χ1v) is 5.69. The summed E-state index contributed by atoms with van der Waals surface area (Å²) in [5, 5.41) is 37.8. The lowest BCUT2D eigenvalue weighted by molar-refractivity contribution is -0.239. The minimum Gasteiger partial charge on any atom is -0.479 e. The fourth-order valence-electron chi connectivity index (χ4n) is 1.92. The SMILES string of the molecule is CC(C)C(C)C1OC(C(=O)O)C(O)C(O)C1O. The molecule has 1 aliphatic heterocycles. The molecule has 0 radical (unpaired) electrons. The van der Waals surface area contributed by atoms with Crippen LogP contribution >= 0.6 is 0 Å². The third-order valence-corrected chi connectivity index (χ3v) is 3.46. The molecule has 1 heterocycles. The lowest BCUT2D eigenvalue weighted by Gasteiger charge is -2.42. The largest absolute Gasteiger partial charge is 0.479 e. The standard InChI is InChI=1S/C11H20O6/c1-4(2)5(3)9-7(13)6(12)8(14)10(17-9)11(15)16/h4-10,12-14H,1-3H3,(H,15,16). The van der Waals surface area contributed by atoms with Gasteiger partial charge in [0.25, 0.3) is 0 Å². The Hall–Kier alpha value is -0.690. The molecule has 4 N–H and O–H groups in total. The molecule has 0 bridgehead atoms. The molecule has 6 unspecified atom stereocenters. The Labute approximate surface area is 99.8 Å². The maximum atomic E-state index is 10.9. The van der Waals surface area contributed by atoms with Crippen LogP contribution in [0.15, 0.2) is 0 Å². The molecule has 6 heteroatoms. The highest BCUT2D eigenvalue weighted by Gasteiger charge is 2.48. The van der Waals surface area contributed by atoms with Crippen molar-refractivity contribution in [2.24, 2.45) is 11.8 Å². The summed E-state index contributed by atoms with van der Waals surface area (Å²) in [5.74, 6) is -1.31. The lowest BCUT2D eigenvalue weighted by atomic mass is 9.83. The number of rotatable bonds is 3. The van der Waals surface area contributed by atoms with Gasteiger partial charge in [-0.2, -0.15) is 0 Å². The highest BCUT2D eigenvalue weighted by molar-refractivity contribution is 5.73. The number of aliphatic carboxylic acids is 1. The predicted molar refractivity (Wildman–Crippen MR) is 58.3 cm³/mol. The van der Waals surface area contributed by atoms with Crippen molar-refractivity contribution in [3.63, 3.8) is 0 Å². The maximum absolute atomic E-state index is 10.9. The molecule has 1 rings (SSSR count). The lowest BCUT2D eigenvalue weighted by Crippen LogP contribution is -2.61. The Morgan fingerprint density at radius 1 is 1.06 bits per heavy atom. The van der Waals surface area contributed by atoms with Gasteiger partial charge in [-0.3, -0.25) is 0 Å². The summed E-state index contributed by atoms with van der Waals surface area (Å²) < 4.78 is 5.21. The summed E-state index contributed by atoms with van der Waals surface area (Å²) in [6.45, 7) is 5.63. The number of hydrogen-bond donors (Lipinski definition) is 4. The van der Waals surface area contributed by atoms with Crippen LogP contribution < -0.4 is 0 Å². The molecule has 1 fully saturated rings. The summed E-state index contributed by atoms with van der Waals surface area (Å²) in [6.07, 6.45) is -6.69. The molecule has 100 valence electrons. The van der Waals surface area contributed by atoms with Gasteiger partial charge in [0.2, 0.25) is 0 Å². The molecular formula is C11H20O6. The van der Waals surface area contributed by atoms with E-state index in [0.29, 0.717) is 0 Å². The van der Waals surface area contributed by atoms with E-state index in [1.165, 1.54) is 0 Å². The van der Waals surface area contributed by atoms with Crippen LogP contribution in [0.25, 0.3) is 0 Å². The van der Waals surface area contributed by atoms with Crippen LogP contribution in [0, 0.1) is 11.8 Å². The van der Waals surface area contributed by atoms with Gasteiger partial charge in [-0.15, -0.1) is 0 Å². The van der Waals surface area contributed by atoms with Crippen molar-refractivity contribution >= 4 is 5.97 Å². The van der Waals surface area contributed by atoms with Gasteiger partial charge < -0.3 is 25.2 Å². The van der Waals surface area contributed by atoms with Gasteiger partial charge in [-0.05, 0) is 11.8 Å². The van der Waals surface area contributed by atoms with Gasteiger partial charge >= 0.3 is 5.97 Å². The third kappa shape index (κ3) is 2.77. The van der Waals surface area contributed by atoms with E-state index >= 15 is 0 Å². The monoisotopic (exact) mass is 248 g/mol. The average Bonchev–Trinajstić information content (AvgIpc) is 2.24. The Morgan fingerprint density at radius 3 is 2.00 bits per heavy atom. The summed E-state index contributed by atoms with van der Waals surface area (Å²) in [6, 6.07) is 0. The Kier molecular flexibility index (Phi) is 4.48. The molecule has 0 aliphatic carbocycles. The van der Waals surface area contributed by atoms with Crippen molar-refractivity contribution in [2.45, 2.75) is 51.3 Å². The van der Waals surface area contributed by atoms with Crippen LogP contribution in [0.3, 0.4) is 0 Å². The van der Waals surface area contributed by atoms with Crippen molar-refractivity contribution < 1.29 is 30.0 Å². The van der Waals surface area contributed by atoms with E-state index in [-0.39, 0.29) is 11.8 Å². The first-order chi connectivity index (χ1) is 7.77. The van der Waals surface area contributed by atoms with Gasteiger partial charge in [0.15, 0.2) is 6.10 Å². The van der Waals surface area contributed by atoms with Crippen LogP contribution in [-0.4, -0.2) is 56.9 Å². The van der Waals surface area contributed by atoms with Gasteiger partial charge in [0, 0.05) is 0 Å². The second-order valence-corrected chi connectivity index (χ2v) is 4.93. The van der Waals surface area contributed by atoms with Crippen molar-refractivity contribution in [3.05, 3.63) is 0 Å². The van der Waals surface area contributed by atoms with Crippen LogP contribution in [0.1, 0.15) is 20.8 Å². The number of carboxylic acid groups (broad SMARTS) is 1. The molecule has 0 aromatic heterocycles. The van der Waals surface area contributed by atoms with E-state index in [2.05, 4.69) is 0 Å². The molecule has 0 spiro atoms. The van der Waals surface area contributed by atoms with Crippen molar-refractivity contribution in [1.82, 2.24) is 0 Å². The van der Waals surface area contributed by atoms with E-state index in [1.54, 1.807) is 0 Å². The highest BCUT2D eigenvalue weighted by Crippen LogP contribution is 2.29. The van der Waals surface area contributed by atoms with Crippen molar-refractivity contribution in [3.8, 4) is 0 Å². The smallest absolute Gasteiger partial charge is 0.335 e. The predicted octanol–water partition coefficient (Wildman–Crippen LogP) is -0.787. The highest BCUT2D eigenvalue weighted by atomic mass is 16.6. The van der Waals surface area contributed by atoms with E-state index < -0.39 is 36.5 Å². The zero-order valence-electron chi connectivity index (χ0n) is 10.1. The second kappa shape index (κ2) is 5.30. The van der Waals surface area contributed by atoms with Gasteiger partial charge in [-0.25, -0.2) is 4.79 Å². The number of carboxylic acids is 1. The average molecular weight is 248 g/mol. The van der Waals surface area contributed by atoms with Gasteiger partial charge in [-0.1, -0.05) is 20.8 Å². The minimum atomic E-state index is -1.61. The third-order valence-electron chi connectivity index (χ3n) is 3.46. The molecule has 0 aromatic carbocycles. The number of ether oxygens (including phenoxy) is 1. The van der Waals surface area contributed by atoms with Crippen LogP contribution in [-0.2, 0) is 9.53 Å². The fourth-order valence-corrected chi connectivity index (χ4v) is 1.92. The quantitative estimate of drug-likeness (QED) is 0.521. The van der Waals surface area contributed by atoms with Gasteiger partial charge in [0.05, 0.1) is 6.10 Å². The van der Waals surface area contributed by atoms with Crippen molar-refractivity contribution in [1.29, 1.82) is 0 Å². The summed E-state index contributed by atoms with van der Waals surface area (Å²) >= 11 is 0. The molecule has 1 aliphatic rings. The molecule has 6 atom stereocenters. The molecular weight excluding hydrogens is 228 g/mol. The summed E-state index contributed by atoms with van der Waals surface area (Å²) in [4.78, 5) is 10.9. The topological polar surface area (TPSA) is 107 Å². The zero-order valence-corrected chi connectivity index (χ0v) is 10.1. The first-order valence-electron chi connectivity index (χ1n) is 5.69. The number of carbonyl (C=O) groups is 1. The number of hydrogen-bond acceptors (Lipinski definition) is 5. The first kappa shape index (κ1) is 14.4. The van der Waals surface area contributed by atoms with E-state index in [1.807, 2.05) is 20.8 Å². The Bertz CT molecular complexity index is 279. The van der Waals surface area contributed by atoms with Crippen molar-refractivity contribution in [2.75, 3.05) is 0 Å². The number of aliphatic hydroxyl groups is 3.